The number of halogens is 1. The number of hydrogen-bond donors (Lipinski definition) is 0. The number of aryl methyl sites for hydroxylation is 1. The van der Waals surface area contributed by atoms with Gasteiger partial charge in [-0.25, -0.2) is 4.98 Å². The van der Waals surface area contributed by atoms with Crippen LogP contribution in [-0.2, 0) is 0 Å². The Morgan fingerprint density at radius 3 is 2.80 bits per heavy atom. The van der Waals surface area contributed by atoms with Crippen LogP contribution in [0.4, 0.5) is 0 Å². The summed E-state index contributed by atoms with van der Waals surface area (Å²) >= 11 is 3.35. The second-order valence-electron chi connectivity index (χ2n) is 3.18. The SMILES string of the molecule is COc1cccc(-n2cc(Br)nc2C)c1. The highest BCUT2D eigenvalue weighted by atomic mass is 79.9. The van der Waals surface area contributed by atoms with Gasteiger partial charge in [0, 0.05) is 12.3 Å². The van der Waals surface area contributed by atoms with Crippen LogP contribution in [0.15, 0.2) is 35.1 Å². The van der Waals surface area contributed by atoms with Crippen LogP contribution in [0.1, 0.15) is 5.82 Å². The van der Waals surface area contributed by atoms with Gasteiger partial charge >= 0.3 is 0 Å². The van der Waals surface area contributed by atoms with E-state index in [0.29, 0.717) is 0 Å². The van der Waals surface area contributed by atoms with Gasteiger partial charge in [-0.2, -0.15) is 0 Å². The van der Waals surface area contributed by atoms with Gasteiger partial charge in [0.1, 0.15) is 16.2 Å². The Morgan fingerprint density at radius 2 is 2.20 bits per heavy atom. The molecule has 0 saturated carbocycles. The Balaban J connectivity index is 2.49. The second-order valence-corrected chi connectivity index (χ2v) is 3.99. The summed E-state index contributed by atoms with van der Waals surface area (Å²) in [6.45, 7) is 1.96. The van der Waals surface area contributed by atoms with Crippen LogP contribution in [-0.4, -0.2) is 16.7 Å². The van der Waals surface area contributed by atoms with Crippen molar-refractivity contribution in [2.45, 2.75) is 6.92 Å². The highest BCUT2D eigenvalue weighted by molar-refractivity contribution is 9.10. The van der Waals surface area contributed by atoms with Crippen LogP contribution in [0, 0.1) is 6.92 Å². The topological polar surface area (TPSA) is 27.1 Å². The van der Waals surface area contributed by atoms with E-state index in [2.05, 4.69) is 20.9 Å². The first kappa shape index (κ1) is 10.2. The lowest BCUT2D eigenvalue weighted by Gasteiger charge is -2.06. The summed E-state index contributed by atoms with van der Waals surface area (Å²) in [5.41, 5.74) is 1.05. The maximum absolute atomic E-state index is 5.18. The van der Waals surface area contributed by atoms with E-state index in [1.54, 1.807) is 7.11 Å². The van der Waals surface area contributed by atoms with Crippen molar-refractivity contribution >= 4 is 15.9 Å². The molecule has 0 atom stereocenters. The predicted octanol–water partition coefficient (Wildman–Crippen LogP) is 2.95. The smallest absolute Gasteiger partial charge is 0.124 e. The number of rotatable bonds is 2. The summed E-state index contributed by atoms with van der Waals surface area (Å²) in [6, 6.07) is 7.87. The lowest BCUT2D eigenvalue weighted by molar-refractivity contribution is 0.414. The number of nitrogens with zero attached hydrogens (tertiary/aromatic N) is 2. The fraction of sp³-hybridized carbons (Fsp3) is 0.182. The van der Waals surface area contributed by atoms with E-state index in [1.165, 1.54) is 0 Å². The minimum atomic E-state index is 0.836. The first-order valence-electron chi connectivity index (χ1n) is 4.56. The first-order valence-corrected chi connectivity index (χ1v) is 5.36. The quantitative estimate of drug-likeness (QED) is 0.836. The monoisotopic (exact) mass is 266 g/mol. The molecule has 0 spiro atoms. The molecule has 0 bridgehead atoms. The van der Waals surface area contributed by atoms with E-state index in [1.807, 2.05) is 42.0 Å². The molecular formula is C11H11BrN2O. The molecule has 1 aromatic carbocycles. The summed E-state index contributed by atoms with van der Waals surface area (Å²) in [5.74, 6) is 1.78. The van der Waals surface area contributed by atoms with Gasteiger partial charge < -0.3 is 9.30 Å². The molecule has 0 unspecified atom stereocenters. The van der Waals surface area contributed by atoms with E-state index in [-0.39, 0.29) is 0 Å². The van der Waals surface area contributed by atoms with Crippen LogP contribution in [0.25, 0.3) is 5.69 Å². The molecule has 15 heavy (non-hydrogen) atoms. The third kappa shape index (κ3) is 2.04. The van der Waals surface area contributed by atoms with Crippen molar-refractivity contribution in [1.29, 1.82) is 0 Å². The molecule has 0 fully saturated rings. The molecule has 2 rings (SSSR count). The second kappa shape index (κ2) is 4.06. The predicted molar refractivity (Wildman–Crippen MR) is 62.6 cm³/mol. The van der Waals surface area contributed by atoms with Gasteiger partial charge in [0.05, 0.1) is 12.8 Å². The minimum absolute atomic E-state index is 0.836. The number of hydrogen-bond acceptors (Lipinski definition) is 2. The number of aromatic nitrogens is 2. The third-order valence-corrected chi connectivity index (χ3v) is 2.57. The molecule has 0 radical (unpaired) electrons. The Labute approximate surface area is 96.8 Å². The fourth-order valence-corrected chi connectivity index (χ4v) is 1.92. The highest BCUT2D eigenvalue weighted by Crippen LogP contribution is 2.19. The minimum Gasteiger partial charge on any atom is -0.497 e. The number of imidazole rings is 1. The van der Waals surface area contributed by atoms with E-state index < -0.39 is 0 Å². The third-order valence-electron chi connectivity index (χ3n) is 2.18. The molecule has 0 amide bonds. The molecule has 0 saturated heterocycles. The molecule has 78 valence electrons. The molecule has 0 aliphatic carbocycles. The lowest BCUT2D eigenvalue weighted by atomic mass is 10.3. The van der Waals surface area contributed by atoms with Crippen LogP contribution in [0.2, 0.25) is 0 Å². The summed E-state index contributed by atoms with van der Waals surface area (Å²) < 4.78 is 8.02. The number of benzene rings is 1. The van der Waals surface area contributed by atoms with E-state index in [9.17, 15) is 0 Å². The first-order chi connectivity index (χ1) is 7.20. The average Bonchev–Trinajstić information content (AvgIpc) is 2.58. The Bertz CT molecular complexity index is 479. The lowest BCUT2D eigenvalue weighted by Crippen LogP contribution is -1.95. The molecule has 0 aliphatic rings. The van der Waals surface area contributed by atoms with Crippen molar-refractivity contribution in [3.63, 3.8) is 0 Å². The summed E-state index contributed by atoms with van der Waals surface area (Å²) in [5, 5.41) is 0. The Kier molecular flexibility index (Phi) is 2.77. The van der Waals surface area contributed by atoms with E-state index in [0.717, 1.165) is 21.9 Å². The Hall–Kier alpha value is -1.29. The van der Waals surface area contributed by atoms with Gasteiger partial charge in [0.2, 0.25) is 0 Å². The van der Waals surface area contributed by atoms with Crippen molar-refractivity contribution < 1.29 is 4.74 Å². The number of methoxy groups -OCH3 is 1. The van der Waals surface area contributed by atoms with Crippen LogP contribution < -0.4 is 4.74 Å². The highest BCUT2D eigenvalue weighted by Gasteiger charge is 2.04. The summed E-state index contributed by atoms with van der Waals surface area (Å²) in [6.07, 6.45) is 1.93. The zero-order valence-corrected chi connectivity index (χ0v) is 10.2. The molecule has 4 heteroatoms. The van der Waals surface area contributed by atoms with Gasteiger partial charge in [-0.3, -0.25) is 0 Å². The molecule has 0 N–H and O–H groups in total. The fourth-order valence-electron chi connectivity index (χ4n) is 1.46. The normalized spacial score (nSPS) is 10.3. The summed E-state index contributed by atoms with van der Waals surface area (Å²) in [4.78, 5) is 4.28. The Morgan fingerprint density at radius 1 is 1.40 bits per heavy atom. The van der Waals surface area contributed by atoms with Crippen molar-refractivity contribution in [3.8, 4) is 11.4 Å². The van der Waals surface area contributed by atoms with Gasteiger partial charge in [-0.1, -0.05) is 6.07 Å². The maximum atomic E-state index is 5.18. The standard InChI is InChI=1S/C11H11BrN2O/c1-8-13-11(12)7-14(8)9-4-3-5-10(6-9)15-2/h3-7H,1-2H3. The van der Waals surface area contributed by atoms with E-state index >= 15 is 0 Å². The molecular weight excluding hydrogens is 256 g/mol. The van der Waals surface area contributed by atoms with Crippen molar-refractivity contribution in [1.82, 2.24) is 9.55 Å². The molecule has 2 aromatic rings. The van der Waals surface area contributed by atoms with Crippen LogP contribution in [0.3, 0.4) is 0 Å². The largest absolute Gasteiger partial charge is 0.497 e. The average molecular weight is 267 g/mol. The molecule has 1 heterocycles. The van der Waals surface area contributed by atoms with Crippen molar-refractivity contribution in [3.05, 3.63) is 40.9 Å². The van der Waals surface area contributed by atoms with E-state index in [4.69, 9.17) is 4.74 Å². The maximum Gasteiger partial charge on any atom is 0.124 e. The van der Waals surface area contributed by atoms with Gasteiger partial charge in [0.25, 0.3) is 0 Å². The zero-order chi connectivity index (χ0) is 10.8. The molecule has 3 nitrogen and oxygen atoms in total. The van der Waals surface area contributed by atoms with Crippen LogP contribution >= 0.6 is 15.9 Å². The molecule has 1 aromatic heterocycles. The molecule has 0 aliphatic heterocycles. The van der Waals surface area contributed by atoms with Gasteiger partial charge in [-0.05, 0) is 35.0 Å². The van der Waals surface area contributed by atoms with Crippen molar-refractivity contribution in [2.24, 2.45) is 0 Å². The summed E-state index contributed by atoms with van der Waals surface area (Å²) in [7, 11) is 1.66. The zero-order valence-electron chi connectivity index (χ0n) is 8.57. The van der Waals surface area contributed by atoms with Gasteiger partial charge in [0.15, 0.2) is 0 Å². The van der Waals surface area contributed by atoms with Crippen LogP contribution in [0.5, 0.6) is 5.75 Å². The number of ether oxygens (including phenoxy) is 1. The van der Waals surface area contributed by atoms with Gasteiger partial charge in [-0.15, -0.1) is 0 Å². The van der Waals surface area contributed by atoms with Crippen molar-refractivity contribution in [2.75, 3.05) is 7.11 Å².